The second kappa shape index (κ2) is 6.66. The molecular weight excluding hydrogens is 299 g/mol. The van der Waals surface area contributed by atoms with Crippen molar-refractivity contribution < 1.29 is 27.8 Å². The predicted octanol–water partition coefficient (Wildman–Crippen LogP) is 1.91. The lowest BCUT2D eigenvalue weighted by molar-refractivity contribution is -0.137. The van der Waals surface area contributed by atoms with Gasteiger partial charge in [-0.3, -0.25) is 4.79 Å². The first-order valence-electron chi connectivity index (χ1n) is 7.01. The molecule has 1 heterocycles. The quantitative estimate of drug-likeness (QED) is 0.892. The van der Waals surface area contributed by atoms with Gasteiger partial charge in [-0.2, -0.15) is 13.2 Å². The van der Waals surface area contributed by atoms with E-state index in [4.69, 9.17) is 4.74 Å². The summed E-state index contributed by atoms with van der Waals surface area (Å²) in [5.74, 6) is -0.334. The zero-order chi connectivity index (χ0) is 16.2. The van der Waals surface area contributed by atoms with Crippen LogP contribution >= 0.6 is 0 Å². The molecule has 0 spiro atoms. The van der Waals surface area contributed by atoms with E-state index < -0.39 is 17.3 Å². The van der Waals surface area contributed by atoms with Crippen LogP contribution in [0.15, 0.2) is 24.3 Å². The number of alkyl halides is 3. The molecule has 122 valence electrons. The van der Waals surface area contributed by atoms with E-state index in [-0.39, 0.29) is 18.9 Å². The lowest BCUT2D eigenvalue weighted by Crippen LogP contribution is -2.46. The lowest BCUT2D eigenvalue weighted by Gasteiger charge is -2.32. The Morgan fingerprint density at radius 1 is 1.23 bits per heavy atom. The van der Waals surface area contributed by atoms with Crippen LogP contribution in [0, 0.1) is 0 Å². The third kappa shape index (κ3) is 4.71. The van der Waals surface area contributed by atoms with Crippen LogP contribution in [0.4, 0.5) is 13.2 Å². The van der Waals surface area contributed by atoms with E-state index in [2.05, 4.69) is 5.32 Å². The standard InChI is InChI=1S/C15H18F3NO3/c16-15(17,18)12-3-1-11(2-4-12)9-13(20)19-10-14(21)5-7-22-8-6-14/h1-4,21H,5-10H2,(H,19,20). The molecule has 1 fully saturated rings. The monoisotopic (exact) mass is 317 g/mol. The van der Waals surface area contributed by atoms with Gasteiger partial charge in [-0.25, -0.2) is 0 Å². The van der Waals surface area contributed by atoms with E-state index in [0.717, 1.165) is 12.1 Å². The fourth-order valence-corrected chi connectivity index (χ4v) is 2.25. The van der Waals surface area contributed by atoms with Gasteiger partial charge in [0.25, 0.3) is 0 Å². The first kappa shape index (κ1) is 16.8. The number of hydrogen-bond donors (Lipinski definition) is 2. The van der Waals surface area contributed by atoms with E-state index >= 15 is 0 Å². The molecule has 0 atom stereocenters. The minimum atomic E-state index is -4.38. The highest BCUT2D eigenvalue weighted by molar-refractivity contribution is 5.78. The normalized spacial score (nSPS) is 18.0. The summed E-state index contributed by atoms with van der Waals surface area (Å²) in [6.45, 7) is 1.02. The van der Waals surface area contributed by atoms with Crippen molar-refractivity contribution in [1.82, 2.24) is 5.32 Å². The molecule has 2 rings (SSSR count). The van der Waals surface area contributed by atoms with E-state index in [9.17, 15) is 23.1 Å². The molecule has 0 aliphatic carbocycles. The maximum Gasteiger partial charge on any atom is 0.416 e. The number of carbonyl (C=O) groups is 1. The molecule has 4 nitrogen and oxygen atoms in total. The Morgan fingerprint density at radius 3 is 2.36 bits per heavy atom. The lowest BCUT2D eigenvalue weighted by atomic mass is 9.94. The van der Waals surface area contributed by atoms with E-state index in [1.807, 2.05) is 0 Å². The molecular formula is C15H18F3NO3. The van der Waals surface area contributed by atoms with Crippen LogP contribution in [0.25, 0.3) is 0 Å². The Balaban J connectivity index is 1.84. The van der Waals surface area contributed by atoms with E-state index in [1.54, 1.807) is 0 Å². The van der Waals surface area contributed by atoms with Crippen LogP contribution < -0.4 is 5.32 Å². The van der Waals surface area contributed by atoms with Crippen molar-refractivity contribution >= 4 is 5.91 Å². The van der Waals surface area contributed by atoms with Crippen molar-refractivity contribution in [3.8, 4) is 0 Å². The Labute approximate surface area is 126 Å². The highest BCUT2D eigenvalue weighted by Gasteiger charge is 2.31. The molecule has 2 N–H and O–H groups in total. The van der Waals surface area contributed by atoms with Crippen LogP contribution in [0.2, 0.25) is 0 Å². The first-order chi connectivity index (χ1) is 10.3. The molecule has 1 aliphatic rings. The van der Waals surface area contributed by atoms with Gasteiger partial charge in [0.05, 0.1) is 17.6 Å². The SMILES string of the molecule is O=C(Cc1ccc(C(F)(F)F)cc1)NCC1(O)CCOCC1. The zero-order valence-corrected chi connectivity index (χ0v) is 11.9. The largest absolute Gasteiger partial charge is 0.416 e. The molecule has 22 heavy (non-hydrogen) atoms. The fraction of sp³-hybridized carbons (Fsp3) is 0.533. The van der Waals surface area contributed by atoms with Crippen molar-refractivity contribution in [2.75, 3.05) is 19.8 Å². The molecule has 1 amide bonds. The van der Waals surface area contributed by atoms with Gasteiger partial charge in [-0.15, -0.1) is 0 Å². The van der Waals surface area contributed by atoms with Gasteiger partial charge < -0.3 is 15.2 Å². The molecule has 0 radical (unpaired) electrons. The van der Waals surface area contributed by atoms with Gasteiger partial charge in [0.15, 0.2) is 0 Å². The van der Waals surface area contributed by atoms with E-state index in [1.165, 1.54) is 12.1 Å². The number of rotatable bonds is 4. The molecule has 1 aromatic rings. The molecule has 1 aliphatic heterocycles. The maximum atomic E-state index is 12.4. The van der Waals surface area contributed by atoms with Gasteiger partial charge in [0.1, 0.15) is 0 Å². The highest BCUT2D eigenvalue weighted by Crippen LogP contribution is 2.29. The predicted molar refractivity (Wildman–Crippen MR) is 73.2 cm³/mol. The summed E-state index contributed by atoms with van der Waals surface area (Å²) < 4.78 is 42.4. The van der Waals surface area contributed by atoms with Gasteiger partial charge in [0.2, 0.25) is 5.91 Å². The van der Waals surface area contributed by atoms with Crippen molar-refractivity contribution in [3.63, 3.8) is 0 Å². The minimum absolute atomic E-state index is 0.0231. The number of aliphatic hydroxyl groups is 1. The Hall–Kier alpha value is -1.60. The van der Waals surface area contributed by atoms with Gasteiger partial charge >= 0.3 is 6.18 Å². The third-order valence-corrected chi connectivity index (χ3v) is 3.68. The molecule has 0 aromatic heterocycles. The smallest absolute Gasteiger partial charge is 0.388 e. The highest BCUT2D eigenvalue weighted by atomic mass is 19.4. The van der Waals surface area contributed by atoms with Crippen LogP contribution in [0.3, 0.4) is 0 Å². The van der Waals surface area contributed by atoms with E-state index in [0.29, 0.717) is 31.6 Å². The molecule has 1 aromatic carbocycles. The second-order valence-corrected chi connectivity index (χ2v) is 5.48. The summed E-state index contributed by atoms with van der Waals surface area (Å²) in [6.07, 6.45) is -3.50. The number of nitrogens with one attached hydrogen (secondary N) is 1. The summed E-state index contributed by atoms with van der Waals surface area (Å²) in [7, 11) is 0. The molecule has 0 bridgehead atoms. The average molecular weight is 317 g/mol. The number of hydrogen-bond acceptors (Lipinski definition) is 3. The summed E-state index contributed by atoms with van der Waals surface area (Å²) in [5.41, 5.74) is -1.22. The van der Waals surface area contributed by atoms with Crippen molar-refractivity contribution in [1.29, 1.82) is 0 Å². The summed E-state index contributed by atoms with van der Waals surface area (Å²) in [4.78, 5) is 11.8. The molecule has 0 saturated carbocycles. The van der Waals surface area contributed by atoms with Crippen LogP contribution in [0.5, 0.6) is 0 Å². The van der Waals surface area contributed by atoms with Crippen LogP contribution in [-0.2, 0) is 22.1 Å². The molecule has 7 heteroatoms. The van der Waals surface area contributed by atoms with Crippen molar-refractivity contribution in [2.45, 2.75) is 31.0 Å². The number of carbonyl (C=O) groups excluding carboxylic acids is 1. The number of ether oxygens (including phenoxy) is 1. The van der Waals surface area contributed by atoms with Gasteiger partial charge in [-0.05, 0) is 17.7 Å². The fourth-order valence-electron chi connectivity index (χ4n) is 2.25. The second-order valence-electron chi connectivity index (χ2n) is 5.48. The topological polar surface area (TPSA) is 58.6 Å². The Kier molecular flexibility index (Phi) is 5.08. The molecule has 0 unspecified atom stereocenters. The van der Waals surface area contributed by atoms with Crippen LogP contribution in [0.1, 0.15) is 24.0 Å². The van der Waals surface area contributed by atoms with Crippen molar-refractivity contribution in [3.05, 3.63) is 35.4 Å². The van der Waals surface area contributed by atoms with Gasteiger partial charge in [-0.1, -0.05) is 12.1 Å². The molecule has 1 saturated heterocycles. The summed E-state index contributed by atoms with van der Waals surface area (Å²) in [5, 5.41) is 12.8. The first-order valence-corrected chi connectivity index (χ1v) is 7.01. The third-order valence-electron chi connectivity index (χ3n) is 3.68. The van der Waals surface area contributed by atoms with Gasteiger partial charge in [0, 0.05) is 32.6 Å². The Bertz CT molecular complexity index is 508. The number of amides is 1. The maximum absolute atomic E-state index is 12.4. The summed E-state index contributed by atoms with van der Waals surface area (Å²) in [6, 6.07) is 4.47. The van der Waals surface area contributed by atoms with Crippen molar-refractivity contribution in [2.24, 2.45) is 0 Å². The minimum Gasteiger partial charge on any atom is -0.388 e. The van der Waals surface area contributed by atoms with Crippen LogP contribution in [-0.4, -0.2) is 36.4 Å². The average Bonchev–Trinajstić information content (AvgIpc) is 2.46. The zero-order valence-electron chi connectivity index (χ0n) is 11.9. The number of benzene rings is 1. The summed E-state index contributed by atoms with van der Waals surface area (Å²) >= 11 is 0. The Morgan fingerprint density at radius 2 is 1.82 bits per heavy atom. The number of halogens is 3.